The number of nitrogens with one attached hydrogen (secondary N) is 1. The van der Waals surface area contributed by atoms with Crippen LogP contribution < -0.4 is 5.56 Å². The van der Waals surface area contributed by atoms with Gasteiger partial charge >= 0.3 is 0 Å². The molecule has 14 heavy (non-hydrogen) atoms. The van der Waals surface area contributed by atoms with Gasteiger partial charge < -0.3 is 0 Å². The van der Waals surface area contributed by atoms with Gasteiger partial charge in [-0.3, -0.25) is 19.6 Å². The van der Waals surface area contributed by atoms with Gasteiger partial charge in [0, 0.05) is 13.2 Å². The fourth-order valence-electron chi connectivity index (χ4n) is 1.51. The van der Waals surface area contributed by atoms with Gasteiger partial charge in [0.15, 0.2) is 0 Å². The Hall–Kier alpha value is -2.09. The molecule has 0 atom stereocenters. The lowest BCUT2D eigenvalue weighted by Gasteiger charge is -1.99. The third kappa shape index (κ3) is 0.941. The zero-order chi connectivity index (χ0) is 10.3. The van der Waals surface area contributed by atoms with E-state index in [-0.39, 0.29) is 5.56 Å². The van der Waals surface area contributed by atoms with Crippen molar-refractivity contribution in [3.63, 3.8) is 0 Å². The molecule has 70 valence electrons. The molecule has 0 aliphatic carbocycles. The van der Waals surface area contributed by atoms with Crippen molar-refractivity contribution < 1.29 is 0 Å². The monoisotopic (exact) mass is 188 g/mol. The average Bonchev–Trinajstić information content (AvgIpc) is 2.43. The van der Waals surface area contributed by atoms with E-state index in [0.717, 1.165) is 0 Å². The summed E-state index contributed by atoms with van der Waals surface area (Å²) in [6, 6.07) is 2.05. The molecule has 0 bridgehead atoms. The smallest absolute Gasteiger partial charge is 0.273 e. The van der Waals surface area contributed by atoms with E-state index in [1.54, 1.807) is 18.7 Å². The quantitative estimate of drug-likeness (QED) is 0.651. The van der Waals surface area contributed by atoms with Crippen molar-refractivity contribution in [3.8, 4) is 6.07 Å². The Bertz CT molecular complexity index is 600. The van der Waals surface area contributed by atoms with Crippen LogP contribution in [0.1, 0.15) is 11.3 Å². The van der Waals surface area contributed by atoms with Crippen molar-refractivity contribution in [1.82, 2.24) is 14.8 Å². The van der Waals surface area contributed by atoms with Crippen molar-refractivity contribution in [1.29, 1.82) is 5.26 Å². The van der Waals surface area contributed by atoms with Gasteiger partial charge in [-0.05, 0) is 6.92 Å². The molecule has 2 rings (SSSR count). The Morgan fingerprint density at radius 2 is 2.36 bits per heavy atom. The third-order valence-electron chi connectivity index (χ3n) is 2.20. The maximum absolute atomic E-state index is 11.4. The number of pyridine rings is 1. The second-order valence-electron chi connectivity index (χ2n) is 3.09. The lowest BCUT2D eigenvalue weighted by Crippen LogP contribution is -2.01. The van der Waals surface area contributed by atoms with Crippen molar-refractivity contribution in [3.05, 3.63) is 27.8 Å². The highest BCUT2D eigenvalue weighted by Crippen LogP contribution is 2.15. The number of rotatable bonds is 0. The molecular formula is C9H8N4O. The molecule has 0 aromatic carbocycles. The van der Waals surface area contributed by atoms with Crippen LogP contribution in [0.15, 0.2) is 11.0 Å². The third-order valence-corrected chi connectivity index (χ3v) is 2.20. The van der Waals surface area contributed by atoms with Crippen LogP contribution in [0, 0.1) is 18.3 Å². The number of hydrogen-bond acceptors (Lipinski definition) is 3. The predicted octanol–water partition coefficient (Wildman–Crippen LogP) is 0.442. The summed E-state index contributed by atoms with van der Waals surface area (Å²) in [6.45, 7) is 1.75. The first-order chi connectivity index (χ1) is 6.65. The van der Waals surface area contributed by atoms with E-state index in [9.17, 15) is 4.79 Å². The van der Waals surface area contributed by atoms with Crippen LogP contribution in [0.4, 0.5) is 0 Å². The Kier molecular flexibility index (Phi) is 1.64. The van der Waals surface area contributed by atoms with Gasteiger partial charge in [-0.15, -0.1) is 0 Å². The molecule has 2 heterocycles. The fourth-order valence-corrected chi connectivity index (χ4v) is 1.51. The molecule has 0 amide bonds. The van der Waals surface area contributed by atoms with Crippen LogP contribution in [-0.2, 0) is 7.05 Å². The van der Waals surface area contributed by atoms with Crippen LogP contribution in [0.5, 0.6) is 0 Å². The summed E-state index contributed by atoms with van der Waals surface area (Å²) in [7, 11) is 1.70. The van der Waals surface area contributed by atoms with Gasteiger partial charge in [-0.1, -0.05) is 0 Å². The standard InChI is InChI=1S/C9H8N4O/c1-5-6(3-10)8-7(4-11-5)9(14)12-13(8)2/h4H,1-2H3,(H,12,14). The SMILES string of the molecule is Cc1ncc2c(=O)[nH]n(C)c2c1C#N. The number of hydrogen-bond donors (Lipinski definition) is 1. The summed E-state index contributed by atoms with van der Waals surface area (Å²) in [5.41, 5.74) is 1.48. The minimum absolute atomic E-state index is 0.216. The van der Waals surface area contributed by atoms with E-state index in [2.05, 4.69) is 16.2 Å². The molecule has 1 N–H and O–H groups in total. The lowest BCUT2D eigenvalue weighted by atomic mass is 10.1. The number of aromatic nitrogens is 3. The highest BCUT2D eigenvalue weighted by Gasteiger charge is 2.11. The Morgan fingerprint density at radius 1 is 1.64 bits per heavy atom. The van der Waals surface area contributed by atoms with Crippen LogP contribution in [0.3, 0.4) is 0 Å². The zero-order valence-electron chi connectivity index (χ0n) is 7.83. The van der Waals surface area contributed by atoms with Gasteiger partial charge in [0.25, 0.3) is 5.56 Å². The number of aryl methyl sites for hydroxylation is 2. The summed E-state index contributed by atoms with van der Waals surface area (Å²) < 4.78 is 1.55. The number of nitrogens with zero attached hydrogens (tertiary/aromatic N) is 3. The minimum Gasteiger partial charge on any atom is -0.286 e. The van der Waals surface area contributed by atoms with E-state index in [4.69, 9.17) is 5.26 Å². The van der Waals surface area contributed by atoms with Gasteiger partial charge in [0.05, 0.1) is 22.2 Å². The molecule has 5 nitrogen and oxygen atoms in total. The number of nitriles is 1. The zero-order valence-corrected chi connectivity index (χ0v) is 7.83. The van der Waals surface area contributed by atoms with Crippen molar-refractivity contribution in [2.45, 2.75) is 6.92 Å². The molecule has 0 unspecified atom stereocenters. The first-order valence-electron chi connectivity index (χ1n) is 4.09. The largest absolute Gasteiger partial charge is 0.286 e. The highest BCUT2D eigenvalue weighted by molar-refractivity contribution is 5.83. The van der Waals surface area contributed by atoms with Crippen molar-refractivity contribution in [2.75, 3.05) is 0 Å². The van der Waals surface area contributed by atoms with Crippen LogP contribution in [0.2, 0.25) is 0 Å². The van der Waals surface area contributed by atoms with Crippen molar-refractivity contribution >= 4 is 10.9 Å². The van der Waals surface area contributed by atoms with Crippen LogP contribution in [-0.4, -0.2) is 14.8 Å². The molecule has 0 radical (unpaired) electrons. The first-order valence-corrected chi connectivity index (χ1v) is 4.09. The second kappa shape index (κ2) is 2.70. The van der Waals surface area contributed by atoms with Gasteiger partial charge in [0.2, 0.25) is 0 Å². The van der Waals surface area contributed by atoms with E-state index in [1.807, 2.05) is 0 Å². The molecule has 0 spiro atoms. The minimum atomic E-state index is -0.216. The van der Waals surface area contributed by atoms with E-state index in [0.29, 0.717) is 22.2 Å². The molecule has 0 aliphatic heterocycles. The Morgan fingerprint density at radius 3 is 3.00 bits per heavy atom. The predicted molar refractivity (Wildman–Crippen MR) is 50.8 cm³/mol. The van der Waals surface area contributed by atoms with Gasteiger partial charge in [-0.2, -0.15) is 5.26 Å². The van der Waals surface area contributed by atoms with Crippen molar-refractivity contribution in [2.24, 2.45) is 7.05 Å². The lowest BCUT2D eigenvalue weighted by molar-refractivity contribution is 0.782. The molecule has 0 saturated carbocycles. The number of H-pyrrole nitrogens is 1. The average molecular weight is 188 g/mol. The van der Waals surface area contributed by atoms with E-state index >= 15 is 0 Å². The molecular weight excluding hydrogens is 180 g/mol. The summed E-state index contributed by atoms with van der Waals surface area (Å²) >= 11 is 0. The fraction of sp³-hybridized carbons (Fsp3) is 0.222. The summed E-state index contributed by atoms with van der Waals surface area (Å²) in [5.74, 6) is 0. The molecule has 2 aromatic heterocycles. The Labute approximate surface area is 79.6 Å². The number of aromatic amines is 1. The maximum atomic E-state index is 11.4. The molecule has 0 saturated heterocycles. The second-order valence-corrected chi connectivity index (χ2v) is 3.09. The topological polar surface area (TPSA) is 74.5 Å². The molecule has 0 fully saturated rings. The first kappa shape index (κ1) is 8.51. The molecule has 5 heteroatoms. The van der Waals surface area contributed by atoms with E-state index < -0.39 is 0 Å². The van der Waals surface area contributed by atoms with Gasteiger partial charge in [0.1, 0.15) is 6.07 Å². The van der Waals surface area contributed by atoms with Crippen LogP contribution in [0.25, 0.3) is 10.9 Å². The normalized spacial score (nSPS) is 10.4. The highest BCUT2D eigenvalue weighted by atomic mass is 16.1. The molecule has 2 aromatic rings. The summed E-state index contributed by atoms with van der Waals surface area (Å²) in [5, 5.41) is 12.0. The van der Waals surface area contributed by atoms with Gasteiger partial charge in [-0.25, -0.2) is 0 Å². The van der Waals surface area contributed by atoms with E-state index in [1.165, 1.54) is 6.20 Å². The summed E-state index contributed by atoms with van der Waals surface area (Å²) in [6.07, 6.45) is 1.49. The Balaban J connectivity index is 3.10. The number of fused-ring (bicyclic) bond motifs is 1. The van der Waals surface area contributed by atoms with Crippen LogP contribution >= 0.6 is 0 Å². The molecule has 0 aliphatic rings. The summed E-state index contributed by atoms with van der Waals surface area (Å²) in [4.78, 5) is 15.3. The maximum Gasteiger partial charge on any atom is 0.273 e.